The Kier molecular flexibility index (Phi) is 6.57. The quantitative estimate of drug-likeness (QED) is 0.702. The molecule has 1 aliphatic carbocycles. The molecule has 1 aliphatic heterocycles. The molecule has 31 heavy (non-hydrogen) atoms. The van der Waals surface area contributed by atoms with Crippen LogP contribution in [0.3, 0.4) is 0 Å². The number of carbonyl (C=O) groups is 3. The standard InChI is InChI=1S/C21H23FN4O4S/c22-15-3-1-14(2-4-15)20(29)26(17-5-6-17)12-18(27)24-21-23-16(13-31-21)11-19(28)25-7-9-30-10-8-25/h1-4,13,17H,5-12H2,(H,23,24,27). The molecule has 10 heteroatoms. The summed E-state index contributed by atoms with van der Waals surface area (Å²) in [5.74, 6) is -1.09. The van der Waals surface area contributed by atoms with Gasteiger partial charge in [0.05, 0.1) is 25.3 Å². The van der Waals surface area contributed by atoms with E-state index in [4.69, 9.17) is 4.74 Å². The van der Waals surface area contributed by atoms with Crippen LogP contribution in [0.25, 0.3) is 0 Å². The number of anilines is 1. The van der Waals surface area contributed by atoms with Crippen LogP contribution in [0.15, 0.2) is 29.6 Å². The third kappa shape index (κ3) is 5.65. The summed E-state index contributed by atoms with van der Waals surface area (Å²) in [6, 6.07) is 5.32. The van der Waals surface area contributed by atoms with Crippen LogP contribution in [0.1, 0.15) is 28.9 Å². The van der Waals surface area contributed by atoms with Gasteiger partial charge in [0.15, 0.2) is 5.13 Å². The Hall–Kier alpha value is -2.85. The molecule has 0 bridgehead atoms. The Morgan fingerprint density at radius 3 is 2.58 bits per heavy atom. The largest absolute Gasteiger partial charge is 0.378 e. The molecule has 8 nitrogen and oxygen atoms in total. The normalized spacial score (nSPS) is 16.1. The van der Waals surface area contributed by atoms with E-state index >= 15 is 0 Å². The number of hydrogen-bond acceptors (Lipinski definition) is 6. The third-order valence-corrected chi connectivity index (χ3v) is 5.95. The molecule has 164 valence electrons. The average molecular weight is 447 g/mol. The van der Waals surface area contributed by atoms with E-state index in [0.717, 1.165) is 12.8 Å². The molecule has 1 aromatic carbocycles. The van der Waals surface area contributed by atoms with Gasteiger partial charge in [-0.3, -0.25) is 14.4 Å². The van der Waals surface area contributed by atoms with Gasteiger partial charge in [0.25, 0.3) is 5.91 Å². The van der Waals surface area contributed by atoms with Crippen molar-refractivity contribution in [3.63, 3.8) is 0 Å². The molecule has 0 spiro atoms. The average Bonchev–Trinajstić information content (AvgIpc) is 3.53. The van der Waals surface area contributed by atoms with Gasteiger partial charge in [0, 0.05) is 30.1 Å². The van der Waals surface area contributed by atoms with Gasteiger partial charge >= 0.3 is 0 Å². The fraction of sp³-hybridized carbons (Fsp3) is 0.429. The van der Waals surface area contributed by atoms with Gasteiger partial charge in [-0.15, -0.1) is 11.3 Å². The van der Waals surface area contributed by atoms with Crippen LogP contribution < -0.4 is 5.32 Å². The van der Waals surface area contributed by atoms with Crippen LogP contribution in [0.4, 0.5) is 9.52 Å². The lowest BCUT2D eigenvalue weighted by Crippen LogP contribution is -2.41. The van der Waals surface area contributed by atoms with Gasteiger partial charge in [-0.1, -0.05) is 0 Å². The van der Waals surface area contributed by atoms with Crippen molar-refractivity contribution in [3.05, 3.63) is 46.7 Å². The van der Waals surface area contributed by atoms with Gasteiger partial charge in [0.1, 0.15) is 12.4 Å². The van der Waals surface area contributed by atoms with Crippen LogP contribution in [-0.2, 0) is 20.7 Å². The number of aromatic nitrogens is 1. The highest BCUT2D eigenvalue weighted by atomic mass is 32.1. The number of carbonyl (C=O) groups excluding carboxylic acids is 3. The first kappa shape index (κ1) is 21.4. The monoisotopic (exact) mass is 446 g/mol. The van der Waals surface area contributed by atoms with Crippen LogP contribution >= 0.6 is 11.3 Å². The number of hydrogen-bond donors (Lipinski definition) is 1. The minimum atomic E-state index is -0.418. The number of halogens is 1. The highest BCUT2D eigenvalue weighted by Gasteiger charge is 2.34. The predicted molar refractivity (Wildman–Crippen MR) is 112 cm³/mol. The van der Waals surface area contributed by atoms with E-state index in [9.17, 15) is 18.8 Å². The van der Waals surface area contributed by atoms with Crippen molar-refractivity contribution in [3.8, 4) is 0 Å². The first-order valence-corrected chi connectivity index (χ1v) is 11.0. The molecular formula is C21H23FN4O4S. The van der Waals surface area contributed by atoms with Gasteiger partial charge < -0.3 is 19.9 Å². The second-order valence-corrected chi connectivity index (χ2v) is 8.39. The summed E-state index contributed by atoms with van der Waals surface area (Å²) in [4.78, 5) is 45.2. The summed E-state index contributed by atoms with van der Waals surface area (Å²) in [6.45, 7) is 2.12. The summed E-state index contributed by atoms with van der Waals surface area (Å²) in [7, 11) is 0. The van der Waals surface area contributed by atoms with Crippen molar-refractivity contribution in [1.29, 1.82) is 0 Å². The van der Waals surface area contributed by atoms with Crippen molar-refractivity contribution in [1.82, 2.24) is 14.8 Å². The number of thiazole rings is 1. The number of benzene rings is 1. The third-order valence-electron chi connectivity index (χ3n) is 5.15. The van der Waals surface area contributed by atoms with E-state index in [1.807, 2.05) is 0 Å². The molecule has 0 unspecified atom stereocenters. The van der Waals surface area contributed by atoms with E-state index in [1.165, 1.54) is 40.5 Å². The molecule has 0 atom stereocenters. The van der Waals surface area contributed by atoms with Crippen LogP contribution in [-0.4, -0.2) is 71.4 Å². The van der Waals surface area contributed by atoms with Crippen molar-refractivity contribution >= 4 is 34.2 Å². The SMILES string of the molecule is O=C(CN(C(=O)c1ccc(F)cc1)C1CC1)Nc1nc(CC(=O)N2CCOCC2)cs1. The summed E-state index contributed by atoms with van der Waals surface area (Å²) in [5, 5.41) is 4.85. The molecule has 1 N–H and O–H groups in total. The first-order valence-electron chi connectivity index (χ1n) is 10.2. The Balaban J connectivity index is 1.33. The molecular weight excluding hydrogens is 423 g/mol. The van der Waals surface area contributed by atoms with E-state index in [-0.39, 0.29) is 36.7 Å². The molecule has 2 heterocycles. The molecule has 2 aliphatic rings. The Labute approximate surface area is 183 Å². The lowest BCUT2D eigenvalue weighted by molar-refractivity contribution is -0.134. The van der Waals surface area contributed by atoms with Gasteiger partial charge in [-0.05, 0) is 37.1 Å². The van der Waals surface area contributed by atoms with Gasteiger partial charge in [-0.25, -0.2) is 9.37 Å². The summed E-state index contributed by atoms with van der Waals surface area (Å²) in [6.07, 6.45) is 1.85. The molecule has 1 saturated carbocycles. The Bertz CT molecular complexity index is 955. The molecule has 2 fully saturated rings. The Morgan fingerprint density at radius 2 is 1.90 bits per heavy atom. The zero-order valence-electron chi connectivity index (χ0n) is 16.9. The van der Waals surface area contributed by atoms with Crippen molar-refractivity contribution < 1.29 is 23.5 Å². The first-order chi connectivity index (χ1) is 15.0. The second kappa shape index (κ2) is 9.52. The second-order valence-electron chi connectivity index (χ2n) is 7.53. The fourth-order valence-electron chi connectivity index (χ4n) is 3.35. The number of amides is 3. The number of nitrogens with one attached hydrogen (secondary N) is 1. The lowest BCUT2D eigenvalue weighted by atomic mass is 10.2. The van der Waals surface area contributed by atoms with E-state index < -0.39 is 5.82 Å². The molecule has 1 aromatic heterocycles. The Morgan fingerprint density at radius 1 is 1.19 bits per heavy atom. The summed E-state index contributed by atoms with van der Waals surface area (Å²) < 4.78 is 18.4. The highest BCUT2D eigenvalue weighted by Crippen LogP contribution is 2.28. The lowest BCUT2D eigenvalue weighted by Gasteiger charge is -2.26. The topological polar surface area (TPSA) is 91.8 Å². The molecule has 1 saturated heterocycles. The minimum Gasteiger partial charge on any atom is -0.378 e. The highest BCUT2D eigenvalue weighted by molar-refractivity contribution is 7.13. The fourth-order valence-corrected chi connectivity index (χ4v) is 4.08. The number of nitrogens with zero attached hydrogens (tertiary/aromatic N) is 3. The maximum atomic E-state index is 13.1. The van der Waals surface area contributed by atoms with Crippen molar-refractivity contribution in [2.45, 2.75) is 25.3 Å². The number of rotatable bonds is 7. The van der Waals surface area contributed by atoms with E-state index in [0.29, 0.717) is 42.7 Å². The smallest absolute Gasteiger partial charge is 0.254 e. The van der Waals surface area contributed by atoms with Gasteiger partial charge in [0.2, 0.25) is 11.8 Å². The molecule has 3 amide bonds. The number of morpholine rings is 1. The summed E-state index contributed by atoms with van der Waals surface area (Å²) >= 11 is 1.24. The van der Waals surface area contributed by atoms with Crippen LogP contribution in [0.2, 0.25) is 0 Å². The maximum absolute atomic E-state index is 13.1. The minimum absolute atomic E-state index is 0.0151. The van der Waals surface area contributed by atoms with Crippen molar-refractivity contribution in [2.75, 3.05) is 38.2 Å². The van der Waals surface area contributed by atoms with Crippen LogP contribution in [0.5, 0.6) is 0 Å². The number of ether oxygens (including phenoxy) is 1. The van der Waals surface area contributed by atoms with Gasteiger partial charge in [-0.2, -0.15) is 0 Å². The predicted octanol–water partition coefficient (Wildman–Crippen LogP) is 1.93. The zero-order chi connectivity index (χ0) is 21.8. The molecule has 4 rings (SSSR count). The van der Waals surface area contributed by atoms with E-state index in [1.54, 1.807) is 10.3 Å². The maximum Gasteiger partial charge on any atom is 0.254 e. The van der Waals surface area contributed by atoms with Crippen LogP contribution in [0, 0.1) is 5.82 Å². The molecule has 0 radical (unpaired) electrons. The summed E-state index contributed by atoms with van der Waals surface area (Å²) in [5.41, 5.74) is 0.942. The van der Waals surface area contributed by atoms with E-state index in [2.05, 4.69) is 10.3 Å². The molecule has 2 aromatic rings. The zero-order valence-corrected chi connectivity index (χ0v) is 17.7. The van der Waals surface area contributed by atoms with Crippen molar-refractivity contribution in [2.24, 2.45) is 0 Å².